The lowest BCUT2D eigenvalue weighted by Gasteiger charge is -2.33. The molecule has 0 aliphatic heterocycles. The maximum Gasteiger partial charge on any atom is 0.420 e. The fourth-order valence-corrected chi connectivity index (χ4v) is 3.43. The lowest BCUT2D eigenvalue weighted by molar-refractivity contribution is -0.129. The number of oxazole rings is 1. The van der Waals surface area contributed by atoms with Crippen molar-refractivity contribution in [2.45, 2.75) is 38.0 Å². The van der Waals surface area contributed by atoms with E-state index < -0.39 is 23.8 Å². The summed E-state index contributed by atoms with van der Waals surface area (Å²) in [5, 5.41) is 24.3. The van der Waals surface area contributed by atoms with Crippen LogP contribution >= 0.6 is 0 Å². The van der Waals surface area contributed by atoms with Crippen LogP contribution in [0, 0.1) is 5.92 Å². The monoisotopic (exact) mass is 377 g/mol. The van der Waals surface area contributed by atoms with Crippen LogP contribution in [0.5, 0.6) is 0 Å². The summed E-state index contributed by atoms with van der Waals surface area (Å²) in [5.74, 6) is -1.61. The lowest BCUT2D eigenvalue weighted by atomic mass is 9.83. The van der Waals surface area contributed by atoms with Gasteiger partial charge < -0.3 is 25.3 Å². The molecule has 2 amide bonds. The van der Waals surface area contributed by atoms with Gasteiger partial charge >= 0.3 is 5.76 Å². The normalized spacial score (nSPS) is 22.5. The average molecular weight is 377 g/mol. The first-order chi connectivity index (χ1) is 13.0. The van der Waals surface area contributed by atoms with Gasteiger partial charge in [-0.05, 0) is 31.4 Å². The highest BCUT2D eigenvalue weighted by Crippen LogP contribution is 2.25. The molecule has 0 bridgehead atoms. The van der Waals surface area contributed by atoms with Crippen LogP contribution in [-0.4, -0.2) is 51.9 Å². The summed E-state index contributed by atoms with van der Waals surface area (Å²) in [6.07, 6.45) is 0.437. The SMILES string of the molecule is O=C(Cn1c(=O)oc2ccccc21)N[C@@H]1C[C@@H](C(=O)NCCO)CC[C@H]1O. The molecular weight excluding hydrogens is 354 g/mol. The molecule has 1 aromatic heterocycles. The highest BCUT2D eigenvalue weighted by Gasteiger charge is 2.33. The Morgan fingerprint density at radius 3 is 2.81 bits per heavy atom. The fourth-order valence-electron chi connectivity index (χ4n) is 3.43. The molecule has 146 valence electrons. The molecule has 1 aliphatic rings. The van der Waals surface area contributed by atoms with Crippen LogP contribution in [0.1, 0.15) is 19.3 Å². The number of carbonyl (C=O) groups excluding carboxylic acids is 2. The molecule has 3 atom stereocenters. The van der Waals surface area contributed by atoms with E-state index in [2.05, 4.69) is 10.6 Å². The van der Waals surface area contributed by atoms with Crippen molar-refractivity contribution in [2.24, 2.45) is 5.92 Å². The molecule has 9 nitrogen and oxygen atoms in total. The van der Waals surface area contributed by atoms with Crippen molar-refractivity contribution in [2.75, 3.05) is 13.2 Å². The second kappa shape index (κ2) is 8.36. The predicted molar refractivity (Wildman–Crippen MR) is 95.8 cm³/mol. The third-order valence-corrected chi connectivity index (χ3v) is 4.82. The standard InChI is InChI=1S/C18H23N3O6/c22-8-7-19-17(25)11-5-6-14(23)12(9-11)20-16(24)10-21-13-3-1-2-4-15(13)27-18(21)26/h1-4,11-12,14,22-23H,5-10H2,(H,19,25)(H,20,24)/t11-,12+,14+/m0/s1. The molecule has 1 aromatic carbocycles. The molecule has 1 aliphatic carbocycles. The fraction of sp³-hybridized carbons (Fsp3) is 0.500. The van der Waals surface area contributed by atoms with E-state index in [4.69, 9.17) is 9.52 Å². The first kappa shape index (κ1) is 19.1. The van der Waals surface area contributed by atoms with E-state index >= 15 is 0 Å². The smallest absolute Gasteiger partial charge is 0.408 e. The number of aromatic nitrogens is 1. The molecule has 1 saturated carbocycles. The quantitative estimate of drug-likeness (QED) is 0.529. The van der Waals surface area contributed by atoms with Gasteiger partial charge in [0.2, 0.25) is 11.8 Å². The first-order valence-electron chi connectivity index (χ1n) is 8.94. The molecule has 0 unspecified atom stereocenters. The zero-order chi connectivity index (χ0) is 19.4. The predicted octanol–water partition coefficient (Wildman–Crippen LogP) is -0.651. The van der Waals surface area contributed by atoms with E-state index in [1.807, 2.05) is 0 Å². The summed E-state index contributed by atoms with van der Waals surface area (Å²) >= 11 is 0. The van der Waals surface area contributed by atoms with Crippen molar-refractivity contribution in [1.29, 1.82) is 0 Å². The number of carbonyl (C=O) groups is 2. The zero-order valence-corrected chi connectivity index (χ0v) is 14.8. The van der Waals surface area contributed by atoms with Gasteiger partial charge in [-0.1, -0.05) is 12.1 Å². The second-order valence-electron chi connectivity index (χ2n) is 6.69. The van der Waals surface area contributed by atoms with Crippen LogP contribution in [0.3, 0.4) is 0 Å². The zero-order valence-electron chi connectivity index (χ0n) is 14.8. The molecule has 1 heterocycles. The molecule has 3 rings (SSSR count). The Bertz CT molecular complexity index is 873. The highest BCUT2D eigenvalue weighted by molar-refractivity contribution is 5.81. The van der Waals surface area contributed by atoms with Crippen molar-refractivity contribution in [3.8, 4) is 0 Å². The molecule has 0 spiro atoms. The maximum atomic E-state index is 12.4. The van der Waals surface area contributed by atoms with Crippen LogP contribution in [0.2, 0.25) is 0 Å². The van der Waals surface area contributed by atoms with E-state index in [-0.39, 0.29) is 31.5 Å². The van der Waals surface area contributed by atoms with Gasteiger partial charge in [-0.15, -0.1) is 0 Å². The minimum absolute atomic E-state index is 0.144. The Kier molecular flexibility index (Phi) is 5.92. The molecular formula is C18H23N3O6. The van der Waals surface area contributed by atoms with Gasteiger partial charge in [0, 0.05) is 12.5 Å². The van der Waals surface area contributed by atoms with Crippen LogP contribution in [0.4, 0.5) is 0 Å². The number of hydrogen-bond donors (Lipinski definition) is 4. The van der Waals surface area contributed by atoms with Gasteiger partial charge in [-0.2, -0.15) is 0 Å². The van der Waals surface area contributed by atoms with Crippen molar-refractivity contribution >= 4 is 22.9 Å². The average Bonchev–Trinajstić information content (AvgIpc) is 2.97. The number of amides is 2. The number of benzene rings is 1. The summed E-state index contributed by atoms with van der Waals surface area (Å²) in [6, 6.07) is 6.23. The summed E-state index contributed by atoms with van der Waals surface area (Å²) in [7, 11) is 0. The summed E-state index contributed by atoms with van der Waals surface area (Å²) < 4.78 is 6.33. The Labute approximate surface area is 155 Å². The molecule has 0 saturated heterocycles. The van der Waals surface area contributed by atoms with Crippen molar-refractivity contribution < 1.29 is 24.2 Å². The molecule has 2 aromatic rings. The number of para-hydroxylation sites is 2. The maximum absolute atomic E-state index is 12.4. The molecule has 9 heteroatoms. The number of hydrogen-bond acceptors (Lipinski definition) is 6. The molecule has 1 fully saturated rings. The Balaban J connectivity index is 1.64. The first-order valence-corrected chi connectivity index (χ1v) is 8.94. The molecule has 0 radical (unpaired) electrons. The van der Waals surface area contributed by atoms with Gasteiger partial charge in [-0.25, -0.2) is 4.79 Å². The Morgan fingerprint density at radius 2 is 2.04 bits per heavy atom. The van der Waals surface area contributed by atoms with Crippen LogP contribution in [0.25, 0.3) is 11.1 Å². The van der Waals surface area contributed by atoms with Crippen LogP contribution in [-0.2, 0) is 16.1 Å². The number of nitrogens with one attached hydrogen (secondary N) is 2. The van der Waals surface area contributed by atoms with Gasteiger partial charge in [0.25, 0.3) is 0 Å². The number of aliphatic hydroxyl groups excluding tert-OH is 2. The molecule has 4 N–H and O–H groups in total. The van der Waals surface area contributed by atoms with Gasteiger partial charge in [0.05, 0.1) is 24.3 Å². The lowest BCUT2D eigenvalue weighted by Crippen LogP contribution is -2.50. The number of rotatable bonds is 6. The molecule has 27 heavy (non-hydrogen) atoms. The Hall–Kier alpha value is -2.65. The van der Waals surface area contributed by atoms with Crippen LogP contribution < -0.4 is 16.4 Å². The summed E-state index contributed by atoms with van der Waals surface area (Å²) in [4.78, 5) is 36.4. The van der Waals surface area contributed by atoms with E-state index in [0.717, 1.165) is 0 Å². The van der Waals surface area contributed by atoms with Gasteiger partial charge in [0.15, 0.2) is 5.58 Å². The highest BCUT2D eigenvalue weighted by atomic mass is 16.4. The van der Waals surface area contributed by atoms with Gasteiger partial charge in [0.1, 0.15) is 6.54 Å². The van der Waals surface area contributed by atoms with Crippen molar-refractivity contribution in [3.05, 3.63) is 34.8 Å². The summed E-state index contributed by atoms with van der Waals surface area (Å²) in [5.41, 5.74) is 0.914. The third-order valence-electron chi connectivity index (χ3n) is 4.82. The van der Waals surface area contributed by atoms with Crippen molar-refractivity contribution in [1.82, 2.24) is 15.2 Å². The third kappa shape index (κ3) is 4.37. The van der Waals surface area contributed by atoms with Gasteiger partial charge in [-0.3, -0.25) is 14.2 Å². The minimum Gasteiger partial charge on any atom is -0.408 e. The minimum atomic E-state index is -0.756. The van der Waals surface area contributed by atoms with Crippen LogP contribution in [0.15, 0.2) is 33.5 Å². The summed E-state index contributed by atoms with van der Waals surface area (Å²) in [6.45, 7) is -0.208. The van der Waals surface area contributed by atoms with E-state index in [1.54, 1.807) is 24.3 Å². The number of aliphatic hydroxyl groups is 2. The largest absolute Gasteiger partial charge is 0.420 e. The second-order valence-corrected chi connectivity index (χ2v) is 6.69. The van der Waals surface area contributed by atoms with E-state index in [0.29, 0.717) is 30.4 Å². The Morgan fingerprint density at radius 1 is 1.26 bits per heavy atom. The van der Waals surface area contributed by atoms with E-state index in [1.165, 1.54) is 4.57 Å². The van der Waals surface area contributed by atoms with E-state index in [9.17, 15) is 19.5 Å². The van der Waals surface area contributed by atoms with Crippen molar-refractivity contribution in [3.63, 3.8) is 0 Å². The number of nitrogens with zero attached hydrogens (tertiary/aromatic N) is 1. The number of fused-ring (bicyclic) bond motifs is 1. The topological polar surface area (TPSA) is 134 Å².